The lowest BCUT2D eigenvalue weighted by Gasteiger charge is -2.42. The third kappa shape index (κ3) is 3.23. The van der Waals surface area contributed by atoms with Crippen LogP contribution >= 0.6 is 0 Å². The van der Waals surface area contributed by atoms with E-state index in [2.05, 4.69) is 20.8 Å². The molecule has 0 aromatic rings. The fourth-order valence-corrected chi connectivity index (χ4v) is 3.46. The van der Waals surface area contributed by atoms with Gasteiger partial charge in [0.25, 0.3) is 0 Å². The largest absolute Gasteiger partial charge is 0.390 e. The summed E-state index contributed by atoms with van der Waals surface area (Å²) in [6.45, 7) is 6.64. The summed E-state index contributed by atoms with van der Waals surface area (Å²) in [5.74, 6) is 0.794. The maximum Gasteiger partial charge on any atom is 0.0852 e. The Morgan fingerprint density at radius 1 is 1.12 bits per heavy atom. The first-order chi connectivity index (χ1) is 7.99. The van der Waals surface area contributed by atoms with Gasteiger partial charge in [-0.25, -0.2) is 0 Å². The fraction of sp³-hybridized carbons (Fsp3) is 1.00. The van der Waals surface area contributed by atoms with Crippen molar-refractivity contribution < 1.29 is 9.84 Å². The predicted molar refractivity (Wildman–Crippen MR) is 69.9 cm³/mol. The van der Waals surface area contributed by atoms with Crippen LogP contribution in [0.25, 0.3) is 0 Å². The van der Waals surface area contributed by atoms with Gasteiger partial charge in [0.15, 0.2) is 0 Å². The van der Waals surface area contributed by atoms with E-state index >= 15 is 0 Å². The number of hydrogen-bond acceptors (Lipinski definition) is 2. The lowest BCUT2D eigenvalue weighted by molar-refractivity contribution is -0.144. The van der Waals surface area contributed by atoms with Crippen LogP contribution in [-0.2, 0) is 4.74 Å². The second kappa shape index (κ2) is 5.27. The number of rotatable bonds is 2. The van der Waals surface area contributed by atoms with Crippen molar-refractivity contribution in [3.05, 3.63) is 0 Å². The minimum atomic E-state index is -0.284. The van der Waals surface area contributed by atoms with E-state index in [9.17, 15) is 5.11 Å². The molecule has 0 radical (unpaired) electrons. The highest BCUT2D eigenvalue weighted by Gasteiger charge is 2.39. The van der Waals surface area contributed by atoms with Gasteiger partial charge in [-0.1, -0.05) is 40.0 Å². The Morgan fingerprint density at radius 2 is 1.88 bits per heavy atom. The van der Waals surface area contributed by atoms with Crippen molar-refractivity contribution in [2.75, 3.05) is 0 Å². The van der Waals surface area contributed by atoms with Crippen molar-refractivity contribution in [3.8, 4) is 0 Å². The molecule has 2 aliphatic carbocycles. The van der Waals surface area contributed by atoms with Gasteiger partial charge in [0.2, 0.25) is 0 Å². The van der Waals surface area contributed by atoms with Crippen LogP contribution < -0.4 is 0 Å². The summed E-state index contributed by atoms with van der Waals surface area (Å²) in [6, 6.07) is 0. The normalized spacial score (nSPS) is 42.4. The van der Waals surface area contributed by atoms with Crippen LogP contribution in [0.2, 0.25) is 0 Å². The van der Waals surface area contributed by atoms with Crippen LogP contribution in [0.3, 0.4) is 0 Å². The van der Waals surface area contributed by atoms with Crippen molar-refractivity contribution in [1.29, 1.82) is 0 Å². The smallest absolute Gasteiger partial charge is 0.0852 e. The lowest BCUT2D eigenvalue weighted by Crippen LogP contribution is -2.46. The number of hydrogen-bond donors (Lipinski definition) is 1. The zero-order valence-corrected chi connectivity index (χ0v) is 11.6. The predicted octanol–water partition coefficient (Wildman–Crippen LogP) is 3.52. The van der Waals surface area contributed by atoms with Crippen LogP contribution in [0.1, 0.15) is 65.7 Å². The lowest BCUT2D eigenvalue weighted by atomic mass is 9.73. The summed E-state index contributed by atoms with van der Waals surface area (Å²) in [5.41, 5.74) is 0.0310. The Morgan fingerprint density at radius 3 is 2.59 bits per heavy atom. The Labute approximate surface area is 106 Å². The topological polar surface area (TPSA) is 29.5 Å². The molecule has 100 valence electrons. The molecule has 0 saturated heterocycles. The standard InChI is InChI=1S/C15H28O2/c1-11-6-4-7-12(10-11)17-13-8-5-9-15(2,3)14(13)16/h11-14,16H,4-10H2,1-3H3. The Bertz CT molecular complexity index is 249. The molecule has 0 aliphatic heterocycles. The second-order valence-corrected chi connectivity index (χ2v) is 6.89. The van der Waals surface area contributed by atoms with E-state index in [0.29, 0.717) is 6.10 Å². The summed E-state index contributed by atoms with van der Waals surface area (Å²) in [4.78, 5) is 0. The number of aliphatic hydroxyl groups is 1. The van der Waals surface area contributed by atoms with E-state index in [1.165, 1.54) is 32.1 Å². The number of aliphatic hydroxyl groups excluding tert-OH is 1. The Balaban J connectivity index is 1.89. The molecule has 1 N–H and O–H groups in total. The minimum absolute atomic E-state index is 0.0310. The van der Waals surface area contributed by atoms with Crippen molar-refractivity contribution in [1.82, 2.24) is 0 Å². The molecule has 0 heterocycles. The maximum atomic E-state index is 10.4. The zero-order chi connectivity index (χ0) is 12.5. The number of ether oxygens (including phenoxy) is 1. The summed E-state index contributed by atoms with van der Waals surface area (Å²) >= 11 is 0. The highest BCUT2D eigenvalue weighted by Crippen LogP contribution is 2.38. The van der Waals surface area contributed by atoms with Crippen LogP contribution in [0.4, 0.5) is 0 Å². The molecule has 0 aromatic heterocycles. The van der Waals surface area contributed by atoms with E-state index in [4.69, 9.17) is 4.74 Å². The van der Waals surface area contributed by atoms with E-state index in [-0.39, 0.29) is 17.6 Å². The first-order valence-corrected chi connectivity index (χ1v) is 7.32. The summed E-state index contributed by atoms with van der Waals surface area (Å²) < 4.78 is 6.20. The van der Waals surface area contributed by atoms with Gasteiger partial charge in [0.05, 0.1) is 18.3 Å². The molecular weight excluding hydrogens is 212 g/mol. The highest BCUT2D eigenvalue weighted by atomic mass is 16.5. The van der Waals surface area contributed by atoms with Crippen LogP contribution in [0.15, 0.2) is 0 Å². The molecule has 4 unspecified atom stereocenters. The first kappa shape index (κ1) is 13.4. The van der Waals surface area contributed by atoms with Crippen LogP contribution in [-0.4, -0.2) is 23.4 Å². The van der Waals surface area contributed by atoms with Gasteiger partial charge in [0.1, 0.15) is 0 Å². The Hall–Kier alpha value is -0.0800. The van der Waals surface area contributed by atoms with Gasteiger partial charge in [-0.3, -0.25) is 0 Å². The molecule has 2 saturated carbocycles. The maximum absolute atomic E-state index is 10.4. The van der Waals surface area contributed by atoms with Crippen LogP contribution in [0, 0.1) is 11.3 Å². The first-order valence-electron chi connectivity index (χ1n) is 7.32. The van der Waals surface area contributed by atoms with Gasteiger partial charge in [-0.2, -0.15) is 0 Å². The van der Waals surface area contributed by atoms with E-state index in [1.807, 2.05) is 0 Å². The molecule has 2 nitrogen and oxygen atoms in total. The second-order valence-electron chi connectivity index (χ2n) is 6.89. The summed E-state index contributed by atoms with van der Waals surface area (Å²) in [5, 5.41) is 10.4. The van der Waals surface area contributed by atoms with E-state index in [0.717, 1.165) is 18.8 Å². The van der Waals surface area contributed by atoms with Crippen molar-refractivity contribution in [3.63, 3.8) is 0 Å². The average molecular weight is 240 g/mol. The fourth-order valence-electron chi connectivity index (χ4n) is 3.46. The summed E-state index contributed by atoms with van der Waals surface area (Å²) in [6.07, 6.45) is 8.55. The third-order valence-electron chi connectivity index (χ3n) is 4.72. The van der Waals surface area contributed by atoms with Crippen molar-refractivity contribution in [2.24, 2.45) is 11.3 Å². The van der Waals surface area contributed by atoms with Crippen molar-refractivity contribution >= 4 is 0 Å². The molecule has 2 rings (SSSR count). The molecule has 2 heteroatoms. The van der Waals surface area contributed by atoms with Crippen molar-refractivity contribution in [2.45, 2.75) is 84.0 Å². The highest BCUT2D eigenvalue weighted by molar-refractivity contribution is 4.89. The Kier molecular flexibility index (Phi) is 4.14. The molecule has 2 fully saturated rings. The van der Waals surface area contributed by atoms with Gasteiger partial charge < -0.3 is 9.84 Å². The third-order valence-corrected chi connectivity index (χ3v) is 4.72. The molecule has 17 heavy (non-hydrogen) atoms. The van der Waals surface area contributed by atoms with Gasteiger partial charge >= 0.3 is 0 Å². The van der Waals surface area contributed by atoms with Crippen LogP contribution in [0.5, 0.6) is 0 Å². The molecule has 2 aliphatic rings. The molecule has 0 bridgehead atoms. The molecule has 0 amide bonds. The zero-order valence-electron chi connectivity index (χ0n) is 11.6. The van der Waals surface area contributed by atoms with Gasteiger partial charge in [-0.15, -0.1) is 0 Å². The summed E-state index contributed by atoms with van der Waals surface area (Å²) in [7, 11) is 0. The van der Waals surface area contributed by atoms with Gasteiger partial charge in [0, 0.05) is 0 Å². The minimum Gasteiger partial charge on any atom is -0.390 e. The molecular formula is C15H28O2. The SMILES string of the molecule is CC1CCCC(OC2CCCC(C)(C)C2O)C1. The quantitative estimate of drug-likeness (QED) is 0.800. The molecule has 4 atom stereocenters. The average Bonchev–Trinajstić information content (AvgIpc) is 2.25. The van der Waals surface area contributed by atoms with Gasteiger partial charge in [-0.05, 0) is 37.0 Å². The molecule has 0 aromatic carbocycles. The molecule has 0 spiro atoms. The van der Waals surface area contributed by atoms with E-state index in [1.54, 1.807) is 0 Å². The monoisotopic (exact) mass is 240 g/mol. The van der Waals surface area contributed by atoms with E-state index < -0.39 is 0 Å².